The maximum absolute atomic E-state index is 12.0. The lowest BCUT2D eigenvalue weighted by Crippen LogP contribution is -2.37. The Balaban J connectivity index is 1.68. The highest BCUT2D eigenvalue weighted by molar-refractivity contribution is 5.77. The molecule has 1 aromatic rings. The third-order valence-electron chi connectivity index (χ3n) is 3.91. The molecule has 0 radical (unpaired) electrons. The summed E-state index contributed by atoms with van der Waals surface area (Å²) in [6, 6.07) is 3.85. The summed E-state index contributed by atoms with van der Waals surface area (Å²) in [7, 11) is 0. The van der Waals surface area contributed by atoms with Crippen molar-refractivity contribution in [3.05, 3.63) is 30.1 Å². The Morgan fingerprint density at radius 2 is 2.36 bits per heavy atom. The van der Waals surface area contributed by atoms with E-state index in [0.29, 0.717) is 19.2 Å². The number of amides is 1. The van der Waals surface area contributed by atoms with E-state index < -0.39 is 0 Å². The van der Waals surface area contributed by atoms with Crippen molar-refractivity contribution < 1.29 is 9.53 Å². The molecule has 0 saturated carbocycles. The van der Waals surface area contributed by atoms with Crippen LogP contribution in [0.5, 0.6) is 0 Å². The van der Waals surface area contributed by atoms with Crippen molar-refractivity contribution in [2.24, 2.45) is 0 Å². The van der Waals surface area contributed by atoms with Crippen LogP contribution in [0.3, 0.4) is 0 Å². The summed E-state index contributed by atoms with van der Waals surface area (Å²) in [5.41, 5.74) is 1.03. The summed E-state index contributed by atoms with van der Waals surface area (Å²) in [5, 5.41) is 2.96. The van der Waals surface area contributed by atoms with Gasteiger partial charge in [-0.15, -0.1) is 0 Å². The number of carbonyl (C=O) groups excluding carboxylic acids is 1. The second kappa shape index (κ2) is 9.54. The monoisotopic (exact) mass is 305 g/mol. The fraction of sp³-hybridized carbons (Fsp3) is 0.647. The first-order valence-corrected chi connectivity index (χ1v) is 8.27. The number of pyridine rings is 1. The highest BCUT2D eigenvalue weighted by atomic mass is 16.5. The van der Waals surface area contributed by atoms with E-state index in [0.717, 1.165) is 50.9 Å². The minimum absolute atomic E-state index is 0.0804. The van der Waals surface area contributed by atoms with Gasteiger partial charge in [-0.05, 0) is 43.9 Å². The van der Waals surface area contributed by atoms with Crippen LogP contribution in [0.15, 0.2) is 24.5 Å². The Labute approximate surface area is 133 Å². The molecule has 1 aromatic heterocycles. The smallest absolute Gasteiger partial charge is 0.234 e. The lowest BCUT2D eigenvalue weighted by molar-refractivity contribution is -0.122. The van der Waals surface area contributed by atoms with Gasteiger partial charge in [-0.3, -0.25) is 14.7 Å². The Bertz CT molecular complexity index is 439. The van der Waals surface area contributed by atoms with E-state index in [-0.39, 0.29) is 5.91 Å². The number of carbonyl (C=O) groups is 1. The molecule has 1 N–H and O–H groups in total. The predicted molar refractivity (Wildman–Crippen MR) is 86.4 cm³/mol. The molecule has 0 aromatic carbocycles. The molecule has 0 aliphatic carbocycles. The summed E-state index contributed by atoms with van der Waals surface area (Å²) in [5.74, 6) is 0.0804. The van der Waals surface area contributed by atoms with Crippen molar-refractivity contribution in [1.82, 2.24) is 15.2 Å². The van der Waals surface area contributed by atoms with Gasteiger partial charge in [-0.2, -0.15) is 0 Å². The molecule has 1 amide bonds. The normalized spacial score (nSPS) is 19.6. The Hall–Kier alpha value is -1.46. The van der Waals surface area contributed by atoms with Crippen molar-refractivity contribution in [1.29, 1.82) is 0 Å². The van der Waals surface area contributed by atoms with Gasteiger partial charge in [0.05, 0.1) is 12.6 Å². The predicted octanol–water partition coefficient (Wildman–Crippen LogP) is 1.98. The quantitative estimate of drug-likeness (QED) is 0.837. The topological polar surface area (TPSA) is 54.5 Å². The van der Waals surface area contributed by atoms with E-state index in [9.17, 15) is 4.79 Å². The van der Waals surface area contributed by atoms with E-state index in [4.69, 9.17) is 4.74 Å². The molecular formula is C17H27N3O2. The zero-order valence-corrected chi connectivity index (χ0v) is 13.5. The molecule has 1 atom stereocenters. The second-order valence-electron chi connectivity index (χ2n) is 5.84. The standard InChI is InChI=1S/C17H27N3O2/c1-2-11-22-16-6-4-9-20(10-7-16)14-17(21)19-13-15-5-3-8-18-12-15/h3,5,8,12,16H,2,4,6-7,9-11,13-14H2,1H3,(H,19,21)/t16-/m0/s1. The summed E-state index contributed by atoms with van der Waals surface area (Å²) < 4.78 is 5.84. The number of hydrogen-bond donors (Lipinski definition) is 1. The van der Waals surface area contributed by atoms with Gasteiger partial charge in [0.15, 0.2) is 0 Å². The van der Waals surface area contributed by atoms with Crippen molar-refractivity contribution in [2.75, 3.05) is 26.2 Å². The Morgan fingerprint density at radius 1 is 1.45 bits per heavy atom. The largest absolute Gasteiger partial charge is 0.378 e. The van der Waals surface area contributed by atoms with E-state index >= 15 is 0 Å². The van der Waals surface area contributed by atoms with E-state index in [1.54, 1.807) is 12.4 Å². The van der Waals surface area contributed by atoms with Gasteiger partial charge in [0, 0.05) is 32.1 Å². The summed E-state index contributed by atoms with van der Waals surface area (Å²) in [6.45, 7) is 5.91. The zero-order chi connectivity index (χ0) is 15.6. The number of ether oxygens (including phenoxy) is 1. The van der Waals surface area contributed by atoms with E-state index in [1.165, 1.54) is 0 Å². The van der Waals surface area contributed by atoms with Gasteiger partial charge in [0.2, 0.25) is 5.91 Å². The number of nitrogens with one attached hydrogen (secondary N) is 1. The minimum atomic E-state index is 0.0804. The number of likely N-dealkylation sites (tertiary alicyclic amines) is 1. The molecule has 1 saturated heterocycles. The van der Waals surface area contributed by atoms with Crippen LogP contribution in [0.1, 0.15) is 38.2 Å². The first kappa shape index (κ1) is 16.9. The molecule has 1 aliphatic rings. The maximum atomic E-state index is 12.0. The average Bonchev–Trinajstić information content (AvgIpc) is 2.77. The van der Waals surface area contributed by atoms with Crippen molar-refractivity contribution in [3.8, 4) is 0 Å². The van der Waals surface area contributed by atoms with E-state index in [1.807, 2.05) is 12.1 Å². The minimum Gasteiger partial charge on any atom is -0.378 e. The van der Waals surface area contributed by atoms with Crippen LogP contribution >= 0.6 is 0 Å². The van der Waals surface area contributed by atoms with Crippen LogP contribution in [-0.2, 0) is 16.1 Å². The van der Waals surface area contributed by atoms with Crippen LogP contribution in [0.2, 0.25) is 0 Å². The fourth-order valence-corrected chi connectivity index (χ4v) is 2.70. The van der Waals surface area contributed by atoms with Crippen molar-refractivity contribution in [2.45, 2.75) is 45.3 Å². The van der Waals surface area contributed by atoms with Crippen LogP contribution < -0.4 is 5.32 Å². The molecule has 122 valence electrons. The fourth-order valence-electron chi connectivity index (χ4n) is 2.70. The Morgan fingerprint density at radius 3 is 3.14 bits per heavy atom. The maximum Gasteiger partial charge on any atom is 0.234 e. The molecular weight excluding hydrogens is 278 g/mol. The zero-order valence-electron chi connectivity index (χ0n) is 13.5. The van der Waals surface area contributed by atoms with Crippen LogP contribution in [0.25, 0.3) is 0 Å². The summed E-state index contributed by atoms with van der Waals surface area (Å²) in [6.07, 6.45) is 8.18. The van der Waals surface area contributed by atoms with Gasteiger partial charge in [0.1, 0.15) is 0 Å². The molecule has 1 fully saturated rings. The van der Waals surface area contributed by atoms with Gasteiger partial charge in [0.25, 0.3) is 0 Å². The van der Waals surface area contributed by atoms with Gasteiger partial charge in [-0.1, -0.05) is 13.0 Å². The van der Waals surface area contributed by atoms with Crippen LogP contribution in [-0.4, -0.2) is 48.1 Å². The van der Waals surface area contributed by atoms with Gasteiger partial charge >= 0.3 is 0 Å². The number of nitrogens with zero attached hydrogens (tertiary/aromatic N) is 2. The van der Waals surface area contributed by atoms with E-state index in [2.05, 4.69) is 22.1 Å². The molecule has 5 nitrogen and oxygen atoms in total. The molecule has 0 bridgehead atoms. The molecule has 0 unspecified atom stereocenters. The first-order valence-electron chi connectivity index (χ1n) is 8.27. The lowest BCUT2D eigenvalue weighted by atomic mass is 10.2. The van der Waals surface area contributed by atoms with Gasteiger partial charge < -0.3 is 10.1 Å². The molecule has 0 spiro atoms. The summed E-state index contributed by atoms with van der Waals surface area (Å²) in [4.78, 5) is 18.3. The van der Waals surface area contributed by atoms with Crippen LogP contribution in [0, 0.1) is 0 Å². The number of hydrogen-bond acceptors (Lipinski definition) is 4. The van der Waals surface area contributed by atoms with Crippen LogP contribution in [0.4, 0.5) is 0 Å². The summed E-state index contributed by atoms with van der Waals surface area (Å²) >= 11 is 0. The molecule has 5 heteroatoms. The van der Waals surface area contributed by atoms with Gasteiger partial charge in [-0.25, -0.2) is 0 Å². The second-order valence-corrected chi connectivity index (χ2v) is 5.84. The first-order chi connectivity index (χ1) is 10.8. The number of aromatic nitrogens is 1. The molecule has 22 heavy (non-hydrogen) atoms. The lowest BCUT2D eigenvalue weighted by Gasteiger charge is -2.19. The Kier molecular flexibility index (Phi) is 7.33. The highest BCUT2D eigenvalue weighted by Crippen LogP contribution is 2.14. The number of rotatable bonds is 7. The average molecular weight is 305 g/mol. The molecule has 1 aliphatic heterocycles. The third kappa shape index (κ3) is 6.12. The SMILES string of the molecule is CCCO[C@H]1CCCN(CC(=O)NCc2cccnc2)CC1. The molecule has 2 rings (SSSR count). The third-order valence-corrected chi connectivity index (χ3v) is 3.91. The highest BCUT2D eigenvalue weighted by Gasteiger charge is 2.18. The molecule has 2 heterocycles. The van der Waals surface area contributed by atoms with Crippen molar-refractivity contribution >= 4 is 5.91 Å². The van der Waals surface area contributed by atoms with Crippen molar-refractivity contribution in [3.63, 3.8) is 0 Å².